The summed E-state index contributed by atoms with van der Waals surface area (Å²) in [7, 11) is -3.81. The first-order chi connectivity index (χ1) is 12.4. The fraction of sp³-hybridized carbons (Fsp3) is 0.294. The molecule has 138 valence electrons. The molecule has 9 heteroatoms. The number of nitrogens with one attached hydrogen (secondary N) is 2. The van der Waals surface area contributed by atoms with Crippen LogP contribution in [0.3, 0.4) is 0 Å². The van der Waals surface area contributed by atoms with Gasteiger partial charge in [0.25, 0.3) is 0 Å². The Labute approximate surface area is 149 Å². The minimum atomic E-state index is -3.81. The number of rotatable bonds is 4. The number of amides is 1. The molecule has 0 saturated carbocycles. The number of anilines is 1. The topological polar surface area (TPSA) is 99.3 Å². The van der Waals surface area contributed by atoms with Crippen LogP contribution >= 0.6 is 0 Å². The number of aromatic amines is 1. The van der Waals surface area contributed by atoms with Crippen molar-refractivity contribution in [3.63, 3.8) is 0 Å². The van der Waals surface area contributed by atoms with E-state index in [1.54, 1.807) is 0 Å². The third-order valence-electron chi connectivity index (χ3n) is 4.29. The van der Waals surface area contributed by atoms with E-state index in [1.165, 1.54) is 34.9 Å². The van der Waals surface area contributed by atoms with Gasteiger partial charge in [-0.3, -0.25) is 9.59 Å². The van der Waals surface area contributed by atoms with Crippen molar-refractivity contribution in [1.29, 1.82) is 0 Å². The summed E-state index contributed by atoms with van der Waals surface area (Å²) >= 11 is 0. The standard InChI is InChI=1S/C17H18FN3O4S/c18-13-3-5-14(6-4-13)26(24,25)21-9-1-2-12(11-21)17(23)20-15-10-19-8-7-16(15)22/h3-8,10,12H,1-2,9,11H2,(H,19,22)(H,20,23). The molecule has 1 unspecified atom stereocenters. The van der Waals surface area contributed by atoms with Gasteiger partial charge in [-0.05, 0) is 37.1 Å². The Morgan fingerprint density at radius 1 is 1.23 bits per heavy atom. The second kappa shape index (κ2) is 7.38. The molecule has 0 spiro atoms. The molecule has 1 aromatic carbocycles. The summed E-state index contributed by atoms with van der Waals surface area (Å²) in [6.45, 7) is 0.297. The van der Waals surface area contributed by atoms with E-state index in [1.807, 2.05) is 0 Å². The molecule has 1 aromatic heterocycles. The monoisotopic (exact) mass is 379 g/mol. The van der Waals surface area contributed by atoms with Crippen molar-refractivity contribution in [3.05, 3.63) is 58.8 Å². The van der Waals surface area contributed by atoms with Gasteiger partial charge in [-0.1, -0.05) is 0 Å². The molecule has 1 aliphatic heterocycles. The van der Waals surface area contributed by atoms with E-state index < -0.39 is 27.7 Å². The molecule has 0 radical (unpaired) electrons. The van der Waals surface area contributed by atoms with Crippen LogP contribution in [0.25, 0.3) is 0 Å². The van der Waals surface area contributed by atoms with Crippen LogP contribution in [0.5, 0.6) is 0 Å². The number of benzene rings is 1. The van der Waals surface area contributed by atoms with Gasteiger partial charge in [-0.15, -0.1) is 0 Å². The normalized spacial score (nSPS) is 18.4. The highest BCUT2D eigenvalue weighted by Gasteiger charge is 2.33. The molecule has 1 aliphatic rings. The average Bonchev–Trinajstić information content (AvgIpc) is 2.64. The summed E-state index contributed by atoms with van der Waals surface area (Å²) < 4.78 is 39.7. The first-order valence-corrected chi connectivity index (χ1v) is 9.55. The maximum atomic E-state index is 13.0. The van der Waals surface area contributed by atoms with Crippen LogP contribution in [0.1, 0.15) is 12.8 Å². The molecular formula is C17H18FN3O4S. The Bertz CT molecular complexity index is 956. The number of pyridine rings is 1. The van der Waals surface area contributed by atoms with Crippen molar-refractivity contribution in [2.24, 2.45) is 5.92 Å². The van der Waals surface area contributed by atoms with E-state index in [0.717, 1.165) is 12.1 Å². The van der Waals surface area contributed by atoms with Gasteiger partial charge in [0.1, 0.15) is 11.5 Å². The minimum Gasteiger partial charge on any atom is -0.366 e. The van der Waals surface area contributed by atoms with Crippen molar-refractivity contribution in [2.45, 2.75) is 17.7 Å². The molecule has 26 heavy (non-hydrogen) atoms. The van der Waals surface area contributed by atoms with E-state index in [4.69, 9.17) is 0 Å². The number of carbonyl (C=O) groups excluding carboxylic acids is 1. The van der Waals surface area contributed by atoms with Crippen LogP contribution in [0.4, 0.5) is 10.1 Å². The Morgan fingerprint density at radius 3 is 2.65 bits per heavy atom. The molecule has 0 bridgehead atoms. The van der Waals surface area contributed by atoms with Crippen molar-refractivity contribution < 1.29 is 17.6 Å². The van der Waals surface area contributed by atoms with Gasteiger partial charge in [0.15, 0.2) is 0 Å². The van der Waals surface area contributed by atoms with Crippen molar-refractivity contribution in [3.8, 4) is 0 Å². The van der Waals surface area contributed by atoms with E-state index in [0.29, 0.717) is 12.8 Å². The zero-order valence-electron chi connectivity index (χ0n) is 13.8. The lowest BCUT2D eigenvalue weighted by Gasteiger charge is -2.31. The molecule has 2 aromatic rings. The maximum Gasteiger partial charge on any atom is 0.243 e. The van der Waals surface area contributed by atoms with Crippen LogP contribution in [0, 0.1) is 11.7 Å². The van der Waals surface area contributed by atoms with Gasteiger partial charge in [0.05, 0.1) is 10.8 Å². The van der Waals surface area contributed by atoms with Crippen LogP contribution < -0.4 is 10.7 Å². The second-order valence-electron chi connectivity index (χ2n) is 6.07. The number of piperidine rings is 1. The Hall–Kier alpha value is -2.52. The average molecular weight is 379 g/mol. The number of halogens is 1. The van der Waals surface area contributed by atoms with Crippen LogP contribution in [-0.2, 0) is 14.8 Å². The lowest BCUT2D eigenvalue weighted by Crippen LogP contribution is -2.44. The summed E-state index contributed by atoms with van der Waals surface area (Å²) in [5, 5.41) is 2.55. The number of sulfonamides is 1. The third kappa shape index (κ3) is 3.83. The predicted molar refractivity (Wildman–Crippen MR) is 93.6 cm³/mol. The molecule has 1 fully saturated rings. The van der Waals surface area contributed by atoms with Crippen LogP contribution in [0.15, 0.2) is 52.4 Å². The largest absolute Gasteiger partial charge is 0.366 e. The van der Waals surface area contributed by atoms with Gasteiger partial charge >= 0.3 is 0 Å². The predicted octanol–water partition coefficient (Wildman–Crippen LogP) is 1.55. The molecule has 0 aliphatic carbocycles. The number of aromatic nitrogens is 1. The number of hydrogen-bond donors (Lipinski definition) is 2. The Kier molecular flexibility index (Phi) is 5.19. The molecule has 1 saturated heterocycles. The Morgan fingerprint density at radius 2 is 1.96 bits per heavy atom. The van der Waals surface area contributed by atoms with Gasteiger partial charge in [-0.25, -0.2) is 12.8 Å². The zero-order valence-corrected chi connectivity index (χ0v) is 14.6. The summed E-state index contributed by atoms with van der Waals surface area (Å²) in [5.41, 5.74) is -0.209. The van der Waals surface area contributed by atoms with Gasteiger partial charge in [0.2, 0.25) is 21.4 Å². The maximum absolute atomic E-state index is 13.0. The first kappa shape index (κ1) is 18.3. The van der Waals surface area contributed by atoms with Crippen molar-refractivity contribution in [1.82, 2.24) is 9.29 Å². The van der Waals surface area contributed by atoms with Gasteiger partial charge in [-0.2, -0.15) is 4.31 Å². The Balaban J connectivity index is 1.74. The molecule has 2 heterocycles. The number of H-pyrrole nitrogens is 1. The molecular weight excluding hydrogens is 361 g/mol. The number of hydrogen-bond acceptors (Lipinski definition) is 4. The van der Waals surface area contributed by atoms with Gasteiger partial charge < -0.3 is 10.3 Å². The fourth-order valence-electron chi connectivity index (χ4n) is 2.88. The summed E-state index contributed by atoms with van der Waals surface area (Å²) in [6, 6.07) is 5.88. The van der Waals surface area contributed by atoms with Crippen LogP contribution in [0.2, 0.25) is 0 Å². The van der Waals surface area contributed by atoms with Crippen LogP contribution in [-0.4, -0.2) is 36.7 Å². The molecule has 2 N–H and O–H groups in total. The zero-order chi connectivity index (χ0) is 18.7. The smallest absolute Gasteiger partial charge is 0.243 e. The fourth-order valence-corrected chi connectivity index (χ4v) is 4.40. The highest BCUT2D eigenvalue weighted by atomic mass is 32.2. The summed E-state index contributed by atoms with van der Waals surface area (Å²) in [5.74, 6) is -1.49. The molecule has 7 nitrogen and oxygen atoms in total. The molecule has 3 rings (SSSR count). The quantitative estimate of drug-likeness (QED) is 0.842. The third-order valence-corrected chi connectivity index (χ3v) is 6.17. The highest BCUT2D eigenvalue weighted by Crippen LogP contribution is 2.24. The second-order valence-corrected chi connectivity index (χ2v) is 8.01. The molecule has 1 atom stereocenters. The highest BCUT2D eigenvalue weighted by molar-refractivity contribution is 7.89. The van der Waals surface area contributed by atoms with Gasteiger partial charge in [0, 0.05) is 31.5 Å². The van der Waals surface area contributed by atoms with E-state index in [9.17, 15) is 22.4 Å². The van der Waals surface area contributed by atoms with Crippen molar-refractivity contribution in [2.75, 3.05) is 18.4 Å². The van der Waals surface area contributed by atoms with Crippen molar-refractivity contribution >= 4 is 21.6 Å². The summed E-state index contributed by atoms with van der Waals surface area (Å²) in [6.07, 6.45) is 3.88. The van der Waals surface area contributed by atoms with E-state index in [2.05, 4.69) is 10.3 Å². The lowest BCUT2D eigenvalue weighted by molar-refractivity contribution is -0.120. The minimum absolute atomic E-state index is 0.0102. The molecule has 1 amide bonds. The number of carbonyl (C=O) groups is 1. The van der Waals surface area contributed by atoms with E-state index in [-0.39, 0.29) is 29.1 Å². The first-order valence-electron chi connectivity index (χ1n) is 8.11. The lowest BCUT2D eigenvalue weighted by atomic mass is 9.99. The summed E-state index contributed by atoms with van der Waals surface area (Å²) in [4.78, 5) is 26.8. The SMILES string of the molecule is O=C(Nc1c[nH]ccc1=O)C1CCCN(S(=O)(=O)c2ccc(F)cc2)C1. The number of nitrogens with zero attached hydrogens (tertiary/aromatic N) is 1. The van der Waals surface area contributed by atoms with E-state index >= 15 is 0 Å².